The Hall–Kier alpha value is -2.70. The lowest BCUT2D eigenvalue weighted by molar-refractivity contribution is -0.321. The highest BCUT2D eigenvalue weighted by molar-refractivity contribution is 6.35. The smallest absolute Gasteiger partial charge is 0.356 e. The third-order valence-electron chi connectivity index (χ3n) is 7.19. The fourth-order valence-corrected chi connectivity index (χ4v) is 5.26. The molecule has 3 rings (SSSR count). The number of carbonyl (C=O) groups excluding carboxylic acids is 5. The van der Waals surface area contributed by atoms with Crippen LogP contribution in [-0.2, 0) is 28.7 Å². The highest BCUT2D eigenvalue weighted by Crippen LogP contribution is 2.64. The Morgan fingerprint density at radius 2 is 1.83 bits per heavy atom. The van der Waals surface area contributed by atoms with Gasteiger partial charge in [-0.3, -0.25) is 28.7 Å². The molecule has 36 heavy (non-hydrogen) atoms. The maximum atomic E-state index is 13.4. The van der Waals surface area contributed by atoms with E-state index in [1.807, 2.05) is 13.8 Å². The van der Waals surface area contributed by atoms with Crippen molar-refractivity contribution >= 4 is 29.4 Å². The van der Waals surface area contributed by atoms with E-state index in [1.54, 1.807) is 20.8 Å². The number of carbonyl (C=O) groups is 5. The Morgan fingerprint density at radius 1 is 1.19 bits per heavy atom. The van der Waals surface area contributed by atoms with Crippen molar-refractivity contribution in [3.63, 3.8) is 0 Å². The number of rotatable bonds is 7. The second-order valence-electron chi connectivity index (χ2n) is 11.3. The van der Waals surface area contributed by atoms with Crippen LogP contribution in [0.4, 0.5) is 13.2 Å². The third kappa shape index (κ3) is 6.16. The summed E-state index contributed by atoms with van der Waals surface area (Å²) >= 11 is 0. The van der Waals surface area contributed by atoms with E-state index < -0.39 is 60.0 Å². The van der Waals surface area contributed by atoms with Crippen molar-refractivity contribution in [1.82, 2.24) is 20.9 Å². The number of piperidine rings is 1. The number of alkyl halides is 3. The van der Waals surface area contributed by atoms with Crippen LogP contribution in [0.25, 0.3) is 0 Å². The average molecular weight is 519 g/mol. The molecule has 2 heterocycles. The van der Waals surface area contributed by atoms with Gasteiger partial charge < -0.3 is 20.9 Å². The van der Waals surface area contributed by atoms with Gasteiger partial charge in [0.05, 0.1) is 6.04 Å². The van der Waals surface area contributed by atoms with Gasteiger partial charge in [-0.15, -0.1) is 13.2 Å². The summed E-state index contributed by atoms with van der Waals surface area (Å²) in [5.74, 6) is -4.96. The molecule has 2 saturated heterocycles. The molecule has 3 aliphatic rings. The van der Waals surface area contributed by atoms with Crippen LogP contribution in [0.5, 0.6) is 0 Å². The molecule has 3 fully saturated rings. The molecule has 202 valence electrons. The maximum Gasteiger partial charge on any atom is 0.522 e. The van der Waals surface area contributed by atoms with Crippen LogP contribution < -0.4 is 16.0 Å². The van der Waals surface area contributed by atoms with Crippen LogP contribution in [0.2, 0.25) is 0 Å². The quantitative estimate of drug-likeness (QED) is 0.421. The van der Waals surface area contributed by atoms with Crippen molar-refractivity contribution in [2.24, 2.45) is 23.2 Å². The lowest BCUT2D eigenvalue weighted by Crippen LogP contribution is -2.57. The molecule has 10 nitrogen and oxygen atoms in total. The van der Waals surface area contributed by atoms with Gasteiger partial charge in [0.25, 0.3) is 0 Å². The summed E-state index contributed by atoms with van der Waals surface area (Å²) in [5.41, 5.74) is -0.992. The minimum absolute atomic E-state index is 0.0528. The summed E-state index contributed by atoms with van der Waals surface area (Å²) in [6, 6.07) is -2.52. The Bertz CT molecular complexity index is 945. The first-order valence-corrected chi connectivity index (χ1v) is 11.9. The van der Waals surface area contributed by atoms with Crippen LogP contribution in [-0.4, -0.2) is 78.0 Å². The first-order valence-electron chi connectivity index (χ1n) is 11.9. The fourth-order valence-electron chi connectivity index (χ4n) is 5.26. The third-order valence-corrected chi connectivity index (χ3v) is 7.19. The van der Waals surface area contributed by atoms with Gasteiger partial charge in [0.2, 0.25) is 11.8 Å². The van der Waals surface area contributed by atoms with Crippen molar-refractivity contribution in [2.75, 3.05) is 19.7 Å². The number of likely N-dealkylation sites (tertiary alicyclic amines) is 1. The summed E-state index contributed by atoms with van der Waals surface area (Å²) in [5, 5.41) is 7.62. The fraction of sp³-hybridized carbons (Fsp3) is 0.783. The molecule has 5 atom stereocenters. The van der Waals surface area contributed by atoms with Gasteiger partial charge >= 0.3 is 18.2 Å². The molecule has 13 heteroatoms. The molecule has 0 aromatic carbocycles. The largest absolute Gasteiger partial charge is 0.522 e. The molecule has 4 amide bonds. The van der Waals surface area contributed by atoms with Gasteiger partial charge in [0.1, 0.15) is 12.6 Å². The second kappa shape index (κ2) is 9.64. The molecule has 1 aliphatic carbocycles. The first kappa shape index (κ1) is 27.9. The predicted molar refractivity (Wildman–Crippen MR) is 119 cm³/mol. The maximum absolute atomic E-state index is 13.4. The molecule has 2 aliphatic heterocycles. The minimum Gasteiger partial charge on any atom is -0.356 e. The number of hydrogen-bond donors (Lipinski definition) is 3. The number of nitrogens with zero attached hydrogens (tertiary/aromatic N) is 1. The molecule has 0 radical (unpaired) electrons. The Morgan fingerprint density at radius 3 is 2.36 bits per heavy atom. The number of halogens is 3. The van der Waals surface area contributed by atoms with Gasteiger partial charge in [-0.1, -0.05) is 13.8 Å². The number of ether oxygens (including phenoxy) is 1. The zero-order valence-corrected chi connectivity index (χ0v) is 21.0. The standard InChI is InChI=1S/C23H33F3N4O6/c1-21(2,3)29-19(34)20(35)30-9-12-15(22(12,4)5)16(30)18(33)28-13(8-11-6-7-27-17(11)32)14(31)10-36-23(24,25)26/h11-13,15-16H,6-10H2,1-5H3,(H,27,32)(H,28,33)(H,29,34)/t11-,12-,13-,15-,16-/m0/s1. The summed E-state index contributed by atoms with van der Waals surface area (Å²) in [6.45, 7) is 8.12. The van der Waals surface area contributed by atoms with E-state index in [0.717, 1.165) is 4.90 Å². The minimum atomic E-state index is -5.05. The number of hydrogen-bond acceptors (Lipinski definition) is 6. The number of ketones is 1. The van der Waals surface area contributed by atoms with Crippen LogP contribution in [0.15, 0.2) is 0 Å². The Balaban J connectivity index is 1.79. The summed E-state index contributed by atoms with van der Waals surface area (Å²) in [6.07, 6.45) is -4.90. The van der Waals surface area contributed by atoms with Gasteiger partial charge in [0, 0.05) is 24.5 Å². The first-order chi connectivity index (χ1) is 16.4. The molecule has 0 aromatic heterocycles. The highest BCUT2D eigenvalue weighted by atomic mass is 19.4. The number of nitrogens with one attached hydrogen (secondary N) is 3. The predicted octanol–water partition coefficient (Wildman–Crippen LogP) is 0.501. The van der Waals surface area contributed by atoms with E-state index in [2.05, 4.69) is 20.7 Å². The molecular formula is C23H33F3N4O6. The molecule has 1 saturated carbocycles. The van der Waals surface area contributed by atoms with Crippen LogP contribution in [0.3, 0.4) is 0 Å². The lowest BCUT2D eigenvalue weighted by atomic mass is 9.94. The van der Waals surface area contributed by atoms with Crippen molar-refractivity contribution in [2.45, 2.75) is 71.4 Å². The average Bonchev–Trinajstić information content (AvgIpc) is 3.09. The van der Waals surface area contributed by atoms with E-state index >= 15 is 0 Å². The van der Waals surface area contributed by atoms with Crippen LogP contribution >= 0.6 is 0 Å². The summed E-state index contributed by atoms with van der Waals surface area (Å²) in [4.78, 5) is 64.7. The van der Waals surface area contributed by atoms with Crippen molar-refractivity contribution in [1.29, 1.82) is 0 Å². The van der Waals surface area contributed by atoms with Gasteiger partial charge in [-0.25, -0.2) is 0 Å². The summed E-state index contributed by atoms with van der Waals surface area (Å²) < 4.78 is 41.2. The Labute approximate surface area is 207 Å². The molecule has 0 spiro atoms. The zero-order chi connectivity index (χ0) is 27.2. The van der Waals surface area contributed by atoms with E-state index in [4.69, 9.17) is 0 Å². The normalized spacial score (nSPS) is 27.7. The lowest BCUT2D eigenvalue weighted by Gasteiger charge is -2.32. The molecular weight excluding hydrogens is 485 g/mol. The van der Waals surface area contributed by atoms with Crippen LogP contribution in [0, 0.1) is 23.2 Å². The van der Waals surface area contributed by atoms with E-state index in [1.165, 1.54) is 0 Å². The summed E-state index contributed by atoms with van der Waals surface area (Å²) in [7, 11) is 0. The van der Waals surface area contributed by atoms with E-state index in [0.29, 0.717) is 13.0 Å². The highest BCUT2D eigenvalue weighted by Gasteiger charge is 2.69. The van der Waals surface area contributed by atoms with Crippen molar-refractivity contribution in [3.05, 3.63) is 0 Å². The molecule has 0 aromatic rings. The number of amides is 4. The van der Waals surface area contributed by atoms with Gasteiger partial charge in [0.15, 0.2) is 5.78 Å². The van der Waals surface area contributed by atoms with Gasteiger partial charge in [-0.05, 0) is 50.9 Å². The topological polar surface area (TPSA) is 134 Å². The second-order valence-corrected chi connectivity index (χ2v) is 11.3. The molecule has 0 unspecified atom stereocenters. The molecule has 0 bridgehead atoms. The monoisotopic (exact) mass is 518 g/mol. The van der Waals surface area contributed by atoms with Crippen molar-refractivity contribution < 1.29 is 41.9 Å². The Kier molecular flexibility index (Phi) is 7.46. The zero-order valence-electron chi connectivity index (χ0n) is 21.0. The van der Waals surface area contributed by atoms with E-state index in [9.17, 15) is 37.1 Å². The van der Waals surface area contributed by atoms with Gasteiger partial charge in [-0.2, -0.15) is 0 Å². The SMILES string of the molecule is CC(C)(C)NC(=O)C(=O)N1C[C@H]2[C@@H]([C@H]1C(=O)N[C@@H](C[C@@H]1CCNC1=O)C(=O)COC(F)(F)F)C2(C)C. The van der Waals surface area contributed by atoms with Crippen molar-refractivity contribution in [3.8, 4) is 0 Å². The number of fused-ring (bicyclic) bond motifs is 1. The number of Topliss-reactive ketones (excluding diaryl/α,β-unsaturated/α-hetero) is 1. The van der Waals surface area contributed by atoms with E-state index in [-0.39, 0.29) is 36.1 Å². The molecule has 3 N–H and O–H groups in total. The van der Waals surface area contributed by atoms with Crippen LogP contribution in [0.1, 0.15) is 47.5 Å².